The molecule has 4 heteroatoms. The van der Waals surface area contributed by atoms with Crippen molar-refractivity contribution in [3.8, 4) is 0 Å². The molecule has 0 aliphatic carbocycles. The number of hydrogen-bond donors (Lipinski definition) is 2. The Morgan fingerprint density at radius 1 is 1.41 bits per heavy atom. The van der Waals surface area contributed by atoms with Crippen LogP contribution in [-0.2, 0) is 17.8 Å². The van der Waals surface area contributed by atoms with Crippen molar-refractivity contribution in [2.24, 2.45) is 5.73 Å². The van der Waals surface area contributed by atoms with Crippen LogP contribution >= 0.6 is 11.8 Å². The molecule has 0 radical (unpaired) electrons. The smallest absolute Gasteiger partial charge is 0.224 e. The minimum absolute atomic E-state index is 0.0619. The van der Waals surface area contributed by atoms with Gasteiger partial charge in [-0.2, -0.15) is 11.8 Å². The van der Waals surface area contributed by atoms with Crippen LogP contribution in [0.1, 0.15) is 18.1 Å². The molecule has 0 aliphatic heterocycles. The third-order valence-corrected chi connectivity index (χ3v) is 3.65. The lowest BCUT2D eigenvalue weighted by atomic mass is 10.0. The zero-order chi connectivity index (χ0) is 12.7. The highest BCUT2D eigenvalue weighted by atomic mass is 32.2. The lowest BCUT2D eigenvalue weighted by molar-refractivity contribution is -0.120. The van der Waals surface area contributed by atoms with E-state index < -0.39 is 0 Å². The van der Waals surface area contributed by atoms with Crippen molar-refractivity contribution < 1.29 is 4.79 Å². The second-order valence-electron chi connectivity index (χ2n) is 4.00. The Bertz CT molecular complexity index is 368. The predicted octanol–water partition coefficient (Wildman–Crippen LogP) is 1.56. The highest BCUT2D eigenvalue weighted by Crippen LogP contribution is 2.09. The van der Waals surface area contributed by atoms with Crippen molar-refractivity contribution in [1.82, 2.24) is 5.32 Å². The second kappa shape index (κ2) is 7.35. The molecule has 0 fully saturated rings. The van der Waals surface area contributed by atoms with Gasteiger partial charge < -0.3 is 11.1 Å². The van der Waals surface area contributed by atoms with Gasteiger partial charge in [0, 0.05) is 18.3 Å². The molecule has 1 amide bonds. The molecule has 0 aliphatic rings. The average molecular weight is 252 g/mol. The minimum atomic E-state index is 0.0619. The van der Waals surface area contributed by atoms with Gasteiger partial charge in [0.05, 0.1) is 6.42 Å². The zero-order valence-electron chi connectivity index (χ0n) is 10.4. The summed E-state index contributed by atoms with van der Waals surface area (Å²) in [6.45, 7) is 3.29. The van der Waals surface area contributed by atoms with E-state index in [1.54, 1.807) is 11.8 Å². The van der Waals surface area contributed by atoms with Crippen LogP contribution in [0.2, 0.25) is 0 Å². The monoisotopic (exact) mass is 252 g/mol. The summed E-state index contributed by atoms with van der Waals surface area (Å²) < 4.78 is 0. The normalized spacial score (nSPS) is 12.2. The summed E-state index contributed by atoms with van der Waals surface area (Å²) in [5.74, 6) is 0.0619. The summed E-state index contributed by atoms with van der Waals surface area (Å²) in [6.07, 6.45) is 2.45. The fourth-order valence-electron chi connectivity index (χ4n) is 1.51. The number of hydrogen-bond acceptors (Lipinski definition) is 3. The van der Waals surface area contributed by atoms with Crippen molar-refractivity contribution in [2.45, 2.75) is 25.1 Å². The molecule has 0 saturated carbocycles. The van der Waals surface area contributed by atoms with E-state index in [0.29, 0.717) is 24.8 Å². The molecule has 94 valence electrons. The fraction of sp³-hybridized carbons (Fsp3) is 0.462. The van der Waals surface area contributed by atoms with E-state index in [2.05, 4.69) is 12.2 Å². The van der Waals surface area contributed by atoms with Crippen LogP contribution in [0.4, 0.5) is 0 Å². The minimum Gasteiger partial charge on any atom is -0.355 e. The maximum Gasteiger partial charge on any atom is 0.224 e. The molecule has 0 heterocycles. The van der Waals surface area contributed by atoms with Crippen LogP contribution in [0.15, 0.2) is 24.3 Å². The van der Waals surface area contributed by atoms with E-state index in [0.717, 1.165) is 11.1 Å². The SMILES string of the molecule is CSC(C)CNC(=O)Cc1ccccc1CN. The first-order chi connectivity index (χ1) is 8.17. The molecule has 0 aromatic heterocycles. The Labute approximate surface area is 107 Å². The third-order valence-electron chi connectivity index (χ3n) is 2.68. The topological polar surface area (TPSA) is 55.1 Å². The van der Waals surface area contributed by atoms with Crippen molar-refractivity contribution in [3.05, 3.63) is 35.4 Å². The molecule has 3 N–H and O–H groups in total. The largest absolute Gasteiger partial charge is 0.355 e. The molecule has 17 heavy (non-hydrogen) atoms. The van der Waals surface area contributed by atoms with E-state index >= 15 is 0 Å². The highest BCUT2D eigenvalue weighted by molar-refractivity contribution is 7.99. The van der Waals surface area contributed by atoms with Crippen LogP contribution in [0, 0.1) is 0 Å². The molecule has 1 unspecified atom stereocenters. The van der Waals surface area contributed by atoms with Crippen molar-refractivity contribution in [1.29, 1.82) is 0 Å². The quantitative estimate of drug-likeness (QED) is 0.808. The Kier molecular flexibility index (Phi) is 6.08. The fourth-order valence-corrected chi connectivity index (χ4v) is 1.76. The maximum absolute atomic E-state index is 11.7. The zero-order valence-corrected chi connectivity index (χ0v) is 11.2. The van der Waals surface area contributed by atoms with Gasteiger partial charge in [0.2, 0.25) is 5.91 Å². The van der Waals surface area contributed by atoms with E-state index in [9.17, 15) is 4.79 Å². The molecule has 0 spiro atoms. The van der Waals surface area contributed by atoms with Gasteiger partial charge >= 0.3 is 0 Å². The van der Waals surface area contributed by atoms with Crippen LogP contribution in [0.3, 0.4) is 0 Å². The number of benzene rings is 1. The molecule has 1 atom stereocenters. The van der Waals surface area contributed by atoms with Gasteiger partial charge in [0.15, 0.2) is 0 Å². The number of rotatable bonds is 6. The Morgan fingerprint density at radius 2 is 2.06 bits per heavy atom. The molecule has 0 bridgehead atoms. The lowest BCUT2D eigenvalue weighted by Crippen LogP contribution is -2.30. The van der Waals surface area contributed by atoms with Gasteiger partial charge in [0.25, 0.3) is 0 Å². The molecule has 1 rings (SSSR count). The molecule has 3 nitrogen and oxygen atoms in total. The standard InChI is InChI=1S/C13H20N2OS/c1-10(17-2)9-15-13(16)7-11-5-3-4-6-12(11)8-14/h3-6,10H,7-9,14H2,1-2H3,(H,15,16). The molecular weight excluding hydrogens is 232 g/mol. The van der Waals surface area contributed by atoms with Gasteiger partial charge in [0.1, 0.15) is 0 Å². The van der Waals surface area contributed by atoms with Crippen molar-refractivity contribution in [3.63, 3.8) is 0 Å². The molecular formula is C13H20N2OS. The first-order valence-corrected chi connectivity index (χ1v) is 7.02. The van der Waals surface area contributed by atoms with Gasteiger partial charge in [-0.05, 0) is 17.4 Å². The van der Waals surface area contributed by atoms with Crippen LogP contribution in [0.5, 0.6) is 0 Å². The Balaban J connectivity index is 2.50. The highest BCUT2D eigenvalue weighted by Gasteiger charge is 2.07. The number of nitrogens with one attached hydrogen (secondary N) is 1. The predicted molar refractivity (Wildman–Crippen MR) is 74.0 cm³/mol. The van der Waals surface area contributed by atoms with Gasteiger partial charge in [-0.25, -0.2) is 0 Å². The summed E-state index contributed by atoms with van der Waals surface area (Å²) in [5.41, 5.74) is 7.70. The van der Waals surface area contributed by atoms with Crippen molar-refractivity contribution in [2.75, 3.05) is 12.8 Å². The van der Waals surface area contributed by atoms with E-state index in [-0.39, 0.29) is 5.91 Å². The Hall–Kier alpha value is -1.00. The number of nitrogens with two attached hydrogens (primary N) is 1. The number of amides is 1. The van der Waals surface area contributed by atoms with Crippen LogP contribution in [0.25, 0.3) is 0 Å². The summed E-state index contributed by atoms with van der Waals surface area (Å²) in [6, 6.07) is 7.80. The first kappa shape index (κ1) is 14.1. The first-order valence-electron chi connectivity index (χ1n) is 5.73. The molecule has 0 saturated heterocycles. The number of carbonyl (C=O) groups is 1. The average Bonchev–Trinajstić information content (AvgIpc) is 2.36. The lowest BCUT2D eigenvalue weighted by Gasteiger charge is -2.11. The number of thioether (sulfide) groups is 1. The molecule has 1 aromatic rings. The van der Waals surface area contributed by atoms with E-state index in [1.165, 1.54) is 0 Å². The van der Waals surface area contributed by atoms with Crippen LogP contribution in [-0.4, -0.2) is 24.0 Å². The maximum atomic E-state index is 11.7. The summed E-state index contributed by atoms with van der Waals surface area (Å²) in [5, 5.41) is 3.38. The van der Waals surface area contributed by atoms with E-state index in [4.69, 9.17) is 5.73 Å². The summed E-state index contributed by atoms with van der Waals surface area (Å²) >= 11 is 1.75. The number of carbonyl (C=O) groups excluding carboxylic acids is 1. The summed E-state index contributed by atoms with van der Waals surface area (Å²) in [4.78, 5) is 11.7. The molecule has 1 aromatic carbocycles. The van der Waals surface area contributed by atoms with Gasteiger partial charge in [-0.3, -0.25) is 4.79 Å². The van der Waals surface area contributed by atoms with Crippen LogP contribution < -0.4 is 11.1 Å². The second-order valence-corrected chi connectivity index (χ2v) is 5.28. The van der Waals surface area contributed by atoms with Crippen molar-refractivity contribution >= 4 is 17.7 Å². The third kappa shape index (κ3) is 4.79. The van der Waals surface area contributed by atoms with E-state index in [1.807, 2.05) is 30.5 Å². The Morgan fingerprint density at radius 3 is 2.65 bits per heavy atom. The summed E-state index contributed by atoms with van der Waals surface area (Å²) in [7, 11) is 0. The van der Waals surface area contributed by atoms with Gasteiger partial charge in [-0.15, -0.1) is 0 Å². The van der Waals surface area contributed by atoms with Gasteiger partial charge in [-0.1, -0.05) is 31.2 Å².